The summed E-state index contributed by atoms with van der Waals surface area (Å²) >= 11 is 6.38. The topological polar surface area (TPSA) is 73.8 Å². The molecule has 154 valence electrons. The minimum absolute atomic E-state index is 0.0612. The van der Waals surface area contributed by atoms with E-state index in [-0.39, 0.29) is 6.04 Å². The lowest BCUT2D eigenvalue weighted by Gasteiger charge is -2.17. The van der Waals surface area contributed by atoms with Crippen LogP contribution in [-0.2, 0) is 20.6 Å². The largest absolute Gasteiger partial charge is 0.349 e. The first kappa shape index (κ1) is 20.0. The summed E-state index contributed by atoms with van der Waals surface area (Å²) in [5.41, 5.74) is 1.80. The molecule has 8 heteroatoms. The summed E-state index contributed by atoms with van der Waals surface area (Å²) < 4.78 is 4.27. The molecule has 0 radical (unpaired) electrons. The summed E-state index contributed by atoms with van der Waals surface area (Å²) in [6.07, 6.45) is 0. The van der Waals surface area contributed by atoms with Crippen molar-refractivity contribution in [1.29, 1.82) is 0 Å². The zero-order valence-corrected chi connectivity index (χ0v) is 17.7. The predicted molar refractivity (Wildman–Crippen MR) is 119 cm³/mol. The van der Waals surface area contributed by atoms with Gasteiger partial charge in [0.05, 0.1) is 12.6 Å². The summed E-state index contributed by atoms with van der Waals surface area (Å²) in [5.74, 6) is 0.500. The zero-order chi connectivity index (χ0) is 21.4. The first-order chi connectivity index (χ1) is 14.4. The number of hydrogen-bond donors (Lipinski definition) is 1. The Hall–Kier alpha value is -3.32. The molecular formula is C22H22ClN5O2. The number of imidazole rings is 1. The van der Waals surface area contributed by atoms with Gasteiger partial charge in [0, 0.05) is 19.1 Å². The first-order valence-electron chi connectivity index (χ1n) is 9.59. The number of benzene rings is 2. The summed E-state index contributed by atoms with van der Waals surface area (Å²) in [6.45, 7) is 2.36. The van der Waals surface area contributed by atoms with Crippen molar-refractivity contribution in [2.45, 2.75) is 19.5 Å². The average Bonchev–Trinajstić information content (AvgIpc) is 3.11. The van der Waals surface area contributed by atoms with Crippen LogP contribution in [0.5, 0.6) is 0 Å². The van der Waals surface area contributed by atoms with E-state index < -0.39 is 11.2 Å². The van der Waals surface area contributed by atoms with Crippen LogP contribution in [-0.4, -0.2) is 18.7 Å². The van der Waals surface area contributed by atoms with Crippen molar-refractivity contribution in [3.05, 3.63) is 91.6 Å². The maximum atomic E-state index is 13.0. The fraction of sp³-hybridized carbons (Fsp3) is 0.227. The highest BCUT2D eigenvalue weighted by Gasteiger charge is 2.21. The predicted octanol–water partition coefficient (Wildman–Crippen LogP) is 3.31. The number of nitrogens with zero attached hydrogens (tertiary/aromatic N) is 4. The number of anilines is 1. The Morgan fingerprint density at radius 1 is 1.00 bits per heavy atom. The van der Waals surface area contributed by atoms with Gasteiger partial charge in [-0.15, -0.1) is 0 Å². The van der Waals surface area contributed by atoms with Gasteiger partial charge in [-0.3, -0.25) is 18.5 Å². The SMILES string of the molecule is CC(Nc1nc2c(c(=O)n(C)c(=O)n2C)n1Cc1ccccc1Cl)c1ccccc1. The Kier molecular flexibility index (Phi) is 5.22. The maximum absolute atomic E-state index is 13.0. The van der Waals surface area contributed by atoms with Gasteiger partial charge in [-0.05, 0) is 24.1 Å². The monoisotopic (exact) mass is 423 g/mol. The molecule has 0 saturated heterocycles. The van der Waals surface area contributed by atoms with E-state index >= 15 is 0 Å². The molecular weight excluding hydrogens is 402 g/mol. The molecule has 2 aromatic heterocycles. The van der Waals surface area contributed by atoms with E-state index in [0.29, 0.717) is 28.7 Å². The normalized spacial score (nSPS) is 12.3. The fourth-order valence-corrected chi connectivity index (χ4v) is 3.72. The second kappa shape index (κ2) is 7.84. The molecule has 0 amide bonds. The molecule has 0 spiro atoms. The molecule has 2 aromatic carbocycles. The van der Waals surface area contributed by atoms with E-state index in [0.717, 1.165) is 15.7 Å². The number of nitrogens with one attached hydrogen (secondary N) is 1. The minimum Gasteiger partial charge on any atom is -0.349 e. The highest BCUT2D eigenvalue weighted by molar-refractivity contribution is 6.31. The number of hydrogen-bond acceptors (Lipinski definition) is 4. The quantitative estimate of drug-likeness (QED) is 0.534. The van der Waals surface area contributed by atoms with E-state index in [1.165, 1.54) is 11.6 Å². The third-order valence-corrected chi connectivity index (χ3v) is 5.65. The Morgan fingerprint density at radius 2 is 1.67 bits per heavy atom. The summed E-state index contributed by atoms with van der Waals surface area (Å²) in [6, 6.07) is 17.4. The van der Waals surface area contributed by atoms with Gasteiger partial charge in [0.1, 0.15) is 0 Å². The van der Waals surface area contributed by atoms with E-state index in [4.69, 9.17) is 11.6 Å². The molecule has 1 unspecified atom stereocenters. The zero-order valence-electron chi connectivity index (χ0n) is 17.0. The Balaban J connectivity index is 1.91. The molecule has 7 nitrogen and oxygen atoms in total. The lowest BCUT2D eigenvalue weighted by molar-refractivity contribution is 0.702. The van der Waals surface area contributed by atoms with Crippen LogP contribution in [0, 0.1) is 0 Å². The van der Waals surface area contributed by atoms with Gasteiger partial charge >= 0.3 is 5.69 Å². The fourth-order valence-electron chi connectivity index (χ4n) is 3.53. The highest BCUT2D eigenvalue weighted by atomic mass is 35.5. The Morgan fingerprint density at radius 3 is 2.37 bits per heavy atom. The van der Waals surface area contributed by atoms with Crippen molar-refractivity contribution in [2.24, 2.45) is 14.1 Å². The summed E-state index contributed by atoms with van der Waals surface area (Å²) in [7, 11) is 3.08. The summed E-state index contributed by atoms with van der Waals surface area (Å²) in [4.78, 5) is 30.0. The van der Waals surface area contributed by atoms with Crippen LogP contribution < -0.4 is 16.6 Å². The van der Waals surface area contributed by atoms with Gasteiger partial charge in [-0.25, -0.2) is 4.79 Å². The minimum atomic E-state index is -0.419. The second-order valence-electron chi connectivity index (χ2n) is 7.27. The molecule has 0 aliphatic carbocycles. The smallest absolute Gasteiger partial charge is 0.332 e. The van der Waals surface area contributed by atoms with Crippen molar-refractivity contribution < 1.29 is 0 Å². The Bertz CT molecular complexity index is 1340. The Labute approximate surface area is 178 Å². The second-order valence-corrected chi connectivity index (χ2v) is 7.67. The summed E-state index contributed by atoms with van der Waals surface area (Å²) in [5, 5.41) is 3.99. The van der Waals surface area contributed by atoms with Crippen molar-refractivity contribution in [2.75, 3.05) is 5.32 Å². The van der Waals surface area contributed by atoms with Crippen molar-refractivity contribution in [3.63, 3.8) is 0 Å². The molecule has 2 heterocycles. The van der Waals surface area contributed by atoms with Gasteiger partial charge in [0.15, 0.2) is 11.2 Å². The first-order valence-corrected chi connectivity index (χ1v) is 9.97. The number of rotatable bonds is 5. The van der Waals surface area contributed by atoms with Gasteiger partial charge in [-0.1, -0.05) is 60.1 Å². The van der Waals surface area contributed by atoms with Crippen LogP contribution in [0.2, 0.25) is 5.02 Å². The van der Waals surface area contributed by atoms with E-state index in [1.807, 2.05) is 61.5 Å². The van der Waals surface area contributed by atoms with Gasteiger partial charge in [0.25, 0.3) is 5.56 Å². The number of halogens is 1. The van der Waals surface area contributed by atoms with Crippen LogP contribution >= 0.6 is 11.6 Å². The van der Waals surface area contributed by atoms with Crippen molar-refractivity contribution >= 4 is 28.7 Å². The lowest BCUT2D eigenvalue weighted by atomic mass is 10.1. The van der Waals surface area contributed by atoms with Crippen LogP contribution in [0.25, 0.3) is 11.2 Å². The molecule has 0 bridgehead atoms. The third-order valence-electron chi connectivity index (χ3n) is 5.28. The van der Waals surface area contributed by atoms with Gasteiger partial charge < -0.3 is 5.32 Å². The maximum Gasteiger partial charge on any atom is 0.332 e. The molecule has 30 heavy (non-hydrogen) atoms. The molecule has 0 fully saturated rings. The highest BCUT2D eigenvalue weighted by Crippen LogP contribution is 2.25. The molecule has 0 aliphatic heterocycles. The van der Waals surface area contributed by atoms with Crippen LogP contribution in [0.15, 0.2) is 64.2 Å². The van der Waals surface area contributed by atoms with Gasteiger partial charge in [0.2, 0.25) is 5.95 Å². The number of fused-ring (bicyclic) bond motifs is 1. The molecule has 1 N–H and O–H groups in total. The lowest BCUT2D eigenvalue weighted by Crippen LogP contribution is -2.37. The van der Waals surface area contributed by atoms with E-state index in [1.54, 1.807) is 11.6 Å². The number of aromatic nitrogens is 4. The molecule has 4 aromatic rings. The molecule has 4 rings (SSSR count). The standard InChI is InChI=1S/C22H22ClN5O2/c1-14(15-9-5-4-6-10-15)24-21-25-19-18(20(29)27(3)22(30)26(19)2)28(21)13-16-11-7-8-12-17(16)23/h4-12,14H,13H2,1-3H3,(H,24,25). The molecule has 0 saturated carbocycles. The molecule has 0 aliphatic rings. The van der Waals surface area contributed by atoms with E-state index in [2.05, 4.69) is 10.3 Å². The van der Waals surface area contributed by atoms with Crippen molar-refractivity contribution in [3.8, 4) is 0 Å². The van der Waals surface area contributed by atoms with E-state index in [9.17, 15) is 9.59 Å². The van der Waals surface area contributed by atoms with Gasteiger partial charge in [-0.2, -0.15) is 4.98 Å². The van der Waals surface area contributed by atoms with Crippen LogP contribution in [0.3, 0.4) is 0 Å². The van der Waals surface area contributed by atoms with Crippen LogP contribution in [0.4, 0.5) is 5.95 Å². The van der Waals surface area contributed by atoms with Crippen molar-refractivity contribution in [1.82, 2.24) is 18.7 Å². The van der Waals surface area contributed by atoms with Crippen LogP contribution in [0.1, 0.15) is 24.1 Å². The number of aryl methyl sites for hydroxylation is 1. The molecule has 1 atom stereocenters. The average molecular weight is 424 g/mol. The third kappa shape index (κ3) is 3.41.